The molecule has 2 heterocycles. The number of anilines is 1. The Kier molecular flexibility index (Phi) is 7.41. The lowest BCUT2D eigenvalue weighted by atomic mass is 9.97. The van der Waals surface area contributed by atoms with Crippen LogP contribution in [-0.4, -0.2) is 46.1 Å². The zero-order valence-electron chi connectivity index (χ0n) is 21.4. The second-order valence-corrected chi connectivity index (χ2v) is 9.70. The van der Waals surface area contributed by atoms with Crippen molar-refractivity contribution < 1.29 is 35.9 Å². The van der Waals surface area contributed by atoms with Gasteiger partial charge in [0.1, 0.15) is 5.82 Å². The number of benzene rings is 2. The van der Waals surface area contributed by atoms with E-state index in [1.165, 1.54) is 24.8 Å². The van der Waals surface area contributed by atoms with E-state index < -0.39 is 52.2 Å². The van der Waals surface area contributed by atoms with Gasteiger partial charge in [-0.25, -0.2) is 4.98 Å². The number of amides is 1. The van der Waals surface area contributed by atoms with Crippen LogP contribution >= 0.6 is 0 Å². The number of morpholine rings is 1. The maximum Gasteiger partial charge on any atom is 0.418 e. The van der Waals surface area contributed by atoms with Crippen molar-refractivity contribution in [3.05, 3.63) is 68.8 Å². The van der Waals surface area contributed by atoms with Crippen LogP contribution in [0.4, 0.5) is 32.0 Å². The first-order chi connectivity index (χ1) is 18.0. The van der Waals surface area contributed by atoms with E-state index in [4.69, 9.17) is 4.74 Å². The van der Waals surface area contributed by atoms with E-state index in [1.54, 1.807) is 13.8 Å². The summed E-state index contributed by atoms with van der Waals surface area (Å²) in [6.07, 6.45) is -10.4. The fraction of sp³-hybridized carbons (Fsp3) is 0.423. The highest BCUT2D eigenvalue weighted by molar-refractivity contribution is 5.95. The number of aromatic amines is 1. The molecule has 2 aromatic carbocycles. The Balaban J connectivity index is 1.73. The predicted octanol–water partition coefficient (Wildman–Crippen LogP) is 5.69. The summed E-state index contributed by atoms with van der Waals surface area (Å²) in [5.41, 5.74) is -4.37. The molecule has 7 nitrogen and oxygen atoms in total. The number of hydrogen-bond acceptors (Lipinski definition) is 5. The number of aromatic nitrogens is 2. The van der Waals surface area contributed by atoms with Crippen molar-refractivity contribution in [2.75, 3.05) is 18.4 Å². The molecule has 3 atom stereocenters. The molecule has 3 aromatic rings. The maximum absolute atomic E-state index is 14.1. The summed E-state index contributed by atoms with van der Waals surface area (Å²) in [7, 11) is 0. The Hall–Kier alpha value is -3.61. The number of ether oxygens (including phenoxy) is 1. The number of halogens is 6. The zero-order valence-corrected chi connectivity index (χ0v) is 21.4. The molecule has 1 aliphatic rings. The molecular formula is C26H26F6N4O3. The average Bonchev–Trinajstić information content (AvgIpc) is 2.81. The van der Waals surface area contributed by atoms with E-state index in [9.17, 15) is 35.9 Å². The molecule has 1 amide bonds. The Bertz CT molecular complexity index is 1460. The van der Waals surface area contributed by atoms with Gasteiger partial charge in [-0.05, 0) is 63.6 Å². The van der Waals surface area contributed by atoms with E-state index in [2.05, 4.69) is 15.3 Å². The summed E-state index contributed by atoms with van der Waals surface area (Å²) >= 11 is 0. The largest absolute Gasteiger partial charge is 0.418 e. The van der Waals surface area contributed by atoms with Crippen LogP contribution in [0, 0.1) is 6.92 Å². The van der Waals surface area contributed by atoms with Gasteiger partial charge in [0.25, 0.3) is 11.5 Å². The van der Waals surface area contributed by atoms with Crippen molar-refractivity contribution in [2.45, 2.75) is 58.3 Å². The topological polar surface area (TPSA) is 87.3 Å². The van der Waals surface area contributed by atoms with Gasteiger partial charge in [-0.2, -0.15) is 26.3 Å². The molecule has 0 spiro atoms. The number of aryl methyl sites for hydroxylation is 1. The molecule has 39 heavy (non-hydrogen) atoms. The number of carbonyl (C=O) groups is 1. The van der Waals surface area contributed by atoms with Gasteiger partial charge in [0.2, 0.25) is 0 Å². The number of fused-ring (bicyclic) bond motifs is 1. The van der Waals surface area contributed by atoms with Crippen LogP contribution < -0.4 is 10.9 Å². The van der Waals surface area contributed by atoms with Crippen molar-refractivity contribution in [1.29, 1.82) is 0 Å². The van der Waals surface area contributed by atoms with Crippen LogP contribution in [0.5, 0.6) is 0 Å². The summed E-state index contributed by atoms with van der Waals surface area (Å²) < 4.78 is 89.6. The van der Waals surface area contributed by atoms with Crippen molar-refractivity contribution >= 4 is 22.5 Å². The highest BCUT2D eigenvalue weighted by Gasteiger charge is 2.38. The number of nitrogens with zero attached hydrogens (tertiary/aromatic N) is 2. The van der Waals surface area contributed by atoms with Gasteiger partial charge in [-0.1, -0.05) is 0 Å². The first-order valence-electron chi connectivity index (χ1n) is 12.1. The summed E-state index contributed by atoms with van der Waals surface area (Å²) in [5, 5.41) is 2.37. The van der Waals surface area contributed by atoms with E-state index >= 15 is 0 Å². The van der Waals surface area contributed by atoms with Crippen LogP contribution in [0.1, 0.15) is 59.7 Å². The third-order valence-corrected chi connectivity index (χ3v) is 6.42. The molecule has 1 saturated heterocycles. The van der Waals surface area contributed by atoms with Crippen molar-refractivity contribution in [2.24, 2.45) is 0 Å². The molecule has 1 aliphatic heterocycles. The van der Waals surface area contributed by atoms with Crippen LogP contribution in [0.25, 0.3) is 10.9 Å². The molecule has 0 aliphatic carbocycles. The molecule has 210 valence electrons. The number of rotatable bonds is 4. The number of hydrogen-bond donors (Lipinski definition) is 2. The lowest BCUT2D eigenvalue weighted by Gasteiger charge is -2.35. The van der Waals surface area contributed by atoms with Crippen LogP contribution in [0.15, 0.2) is 35.1 Å². The minimum Gasteiger partial charge on any atom is -0.378 e. The van der Waals surface area contributed by atoms with Gasteiger partial charge in [-0.3, -0.25) is 9.59 Å². The molecule has 1 fully saturated rings. The molecular weight excluding hydrogens is 530 g/mol. The van der Waals surface area contributed by atoms with Gasteiger partial charge >= 0.3 is 12.4 Å². The van der Waals surface area contributed by atoms with Gasteiger partial charge in [0.05, 0.1) is 34.2 Å². The summed E-state index contributed by atoms with van der Waals surface area (Å²) in [6.45, 7) is 6.58. The predicted molar refractivity (Wildman–Crippen MR) is 131 cm³/mol. The van der Waals surface area contributed by atoms with Crippen molar-refractivity contribution in [1.82, 2.24) is 14.9 Å². The highest BCUT2D eigenvalue weighted by atomic mass is 19.4. The normalized spacial score (nSPS) is 19.3. The third-order valence-electron chi connectivity index (χ3n) is 6.42. The van der Waals surface area contributed by atoms with E-state index in [1.807, 2.05) is 0 Å². The van der Waals surface area contributed by atoms with Gasteiger partial charge in [-0.15, -0.1) is 0 Å². The fourth-order valence-electron chi connectivity index (χ4n) is 4.80. The quantitative estimate of drug-likeness (QED) is 0.403. The Morgan fingerprint density at radius 1 is 1.05 bits per heavy atom. The molecule has 3 unspecified atom stereocenters. The van der Waals surface area contributed by atoms with Crippen LogP contribution in [0.3, 0.4) is 0 Å². The lowest BCUT2D eigenvalue weighted by molar-refractivity contribution is -0.138. The van der Waals surface area contributed by atoms with Crippen molar-refractivity contribution in [3.63, 3.8) is 0 Å². The maximum atomic E-state index is 14.1. The smallest absolute Gasteiger partial charge is 0.378 e. The first-order valence-corrected chi connectivity index (χ1v) is 12.1. The second-order valence-electron chi connectivity index (χ2n) is 9.70. The summed E-state index contributed by atoms with van der Waals surface area (Å²) in [4.78, 5) is 33.1. The lowest BCUT2D eigenvalue weighted by Crippen LogP contribution is -2.48. The molecule has 0 bridgehead atoms. The van der Waals surface area contributed by atoms with Crippen molar-refractivity contribution in [3.8, 4) is 0 Å². The molecule has 0 saturated carbocycles. The minimum atomic E-state index is -4.92. The fourth-order valence-corrected chi connectivity index (χ4v) is 4.80. The van der Waals surface area contributed by atoms with Gasteiger partial charge in [0.15, 0.2) is 0 Å². The summed E-state index contributed by atoms with van der Waals surface area (Å²) in [6, 6.07) is 3.28. The average molecular weight is 557 g/mol. The monoisotopic (exact) mass is 556 g/mol. The molecule has 1 aromatic heterocycles. The summed E-state index contributed by atoms with van der Waals surface area (Å²) in [5.74, 6) is -0.497. The van der Waals surface area contributed by atoms with E-state index in [0.717, 1.165) is 12.1 Å². The molecule has 2 N–H and O–H groups in total. The standard InChI is InChI=1S/C26H26F6N4O3/c1-12-10-36(11-13(2)39-12)24(38)16-5-6-21(20(7-16)26(30,31)32)33-14(3)17-8-18-22(9-19(17)25(27,28)29)34-15(4)35-23(18)37/h5-9,12-14,33H,10-11H2,1-4H3,(H,34,35,37). The van der Waals surface area contributed by atoms with E-state index in [-0.39, 0.29) is 47.6 Å². The zero-order chi connectivity index (χ0) is 28.9. The molecule has 0 radical (unpaired) electrons. The number of H-pyrrole nitrogens is 1. The highest BCUT2D eigenvalue weighted by Crippen LogP contribution is 2.40. The number of carbonyl (C=O) groups excluding carboxylic acids is 1. The van der Waals surface area contributed by atoms with Crippen LogP contribution in [0.2, 0.25) is 0 Å². The first kappa shape index (κ1) is 28.4. The number of alkyl halides is 6. The molecule has 13 heteroatoms. The van der Waals surface area contributed by atoms with Gasteiger partial charge in [0, 0.05) is 30.4 Å². The van der Waals surface area contributed by atoms with E-state index in [0.29, 0.717) is 12.1 Å². The minimum absolute atomic E-state index is 0.116. The molecule has 4 rings (SSSR count). The Morgan fingerprint density at radius 3 is 2.26 bits per heavy atom. The Morgan fingerprint density at radius 2 is 1.67 bits per heavy atom. The Labute approximate surface area is 219 Å². The van der Waals surface area contributed by atoms with Crippen LogP contribution in [-0.2, 0) is 17.1 Å². The number of nitrogens with one attached hydrogen (secondary N) is 2. The van der Waals surface area contributed by atoms with Gasteiger partial charge < -0.3 is 19.9 Å². The third kappa shape index (κ3) is 6.02. The second kappa shape index (κ2) is 10.2. The SMILES string of the molecule is Cc1nc2cc(C(F)(F)F)c(C(C)Nc3ccc(C(=O)N4CC(C)OC(C)C4)cc3C(F)(F)F)cc2c(=O)[nH]1.